The maximum atomic E-state index is 12.5. The molecule has 0 radical (unpaired) electrons. The van der Waals surface area contributed by atoms with Crippen molar-refractivity contribution in [2.75, 3.05) is 36.5 Å². The van der Waals surface area contributed by atoms with E-state index in [1.165, 1.54) is 22.6 Å². The molecule has 0 atom stereocenters. The first-order valence-electron chi connectivity index (χ1n) is 10.3. The van der Waals surface area contributed by atoms with Crippen LogP contribution in [0.3, 0.4) is 0 Å². The molecular weight excluding hydrogens is 428 g/mol. The second-order valence-electron chi connectivity index (χ2n) is 8.51. The summed E-state index contributed by atoms with van der Waals surface area (Å²) in [7, 11) is 0. The molecule has 1 aromatic heterocycles. The number of carbonyl (C=O) groups is 1. The lowest BCUT2D eigenvalue weighted by Gasteiger charge is -2.28. The van der Waals surface area contributed by atoms with Gasteiger partial charge in [-0.3, -0.25) is 10.1 Å². The first kappa shape index (κ1) is 21.7. The van der Waals surface area contributed by atoms with E-state index in [1.807, 2.05) is 30.3 Å². The van der Waals surface area contributed by atoms with Crippen LogP contribution in [0.5, 0.6) is 0 Å². The molecule has 8 heteroatoms. The van der Waals surface area contributed by atoms with Crippen LogP contribution < -0.4 is 15.5 Å². The molecule has 6 nitrogen and oxygen atoms in total. The Labute approximate surface area is 191 Å². The molecule has 1 saturated heterocycles. The van der Waals surface area contributed by atoms with Gasteiger partial charge in [0.1, 0.15) is 0 Å². The summed E-state index contributed by atoms with van der Waals surface area (Å²) in [5.74, 6) is -0.242. The Bertz CT molecular complexity index is 1100. The Kier molecular flexibility index (Phi) is 6.22. The van der Waals surface area contributed by atoms with Crippen molar-refractivity contribution in [3.8, 4) is 0 Å². The Morgan fingerprint density at radius 2 is 1.84 bits per heavy atom. The average molecular weight is 455 g/mol. The number of hydrogen-bond acceptors (Lipinski definition) is 6. The molecule has 1 amide bonds. The van der Waals surface area contributed by atoms with Gasteiger partial charge in [0.15, 0.2) is 10.2 Å². The predicted molar refractivity (Wildman–Crippen MR) is 131 cm³/mol. The third kappa shape index (κ3) is 5.20. The molecule has 31 heavy (non-hydrogen) atoms. The van der Waals surface area contributed by atoms with E-state index in [0.717, 1.165) is 36.5 Å². The van der Waals surface area contributed by atoms with Gasteiger partial charge < -0.3 is 15.0 Å². The zero-order chi connectivity index (χ0) is 22.0. The fraction of sp³-hybridized carbons (Fsp3) is 0.348. The molecule has 1 aliphatic heterocycles. The fourth-order valence-electron chi connectivity index (χ4n) is 3.41. The lowest BCUT2D eigenvalue weighted by atomic mass is 9.87. The van der Waals surface area contributed by atoms with Crippen LogP contribution in [0, 0.1) is 0 Å². The first-order valence-corrected chi connectivity index (χ1v) is 11.5. The van der Waals surface area contributed by atoms with Gasteiger partial charge in [0.05, 0.1) is 23.4 Å². The van der Waals surface area contributed by atoms with Crippen molar-refractivity contribution in [3.05, 3.63) is 53.6 Å². The Morgan fingerprint density at radius 3 is 2.52 bits per heavy atom. The molecule has 2 heterocycles. The molecule has 1 fully saturated rings. The summed E-state index contributed by atoms with van der Waals surface area (Å²) in [6.45, 7) is 9.71. The molecule has 1 aliphatic rings. The van der Waals surface area contributed by atoms with E-state index in [-0.39, 0.29) is 16.4 Å². The number of rotatable bonds is 3. The number of ether oxygens (including phenoxy) is 1. The maximum absolute atomic E-state index is 12.5. The molecule has 2 N–H and O–H groups in total. The maximum Gasteiger partial charge on any atom is 0.257 e. The van der Waals surface area contributed by atoms with Crippen LogP contribution >= 0.6 is 23.6 Å². The van der Waals surface area contributed by atoms with Crippen molar-refractivity contribution >= 4 is 55.6 Å². The summed E-state index contributed by atoms with van der Waals surface area (Å²) in [6, 6.07) is 13.8. The van der Waals surface area contributed by atoms with Gasteiger partial charge in [-0.2, -0.15) is 0 Å². The highest BCUT2D eigenvalue weighted by atomic mass is 32.1. The number of hydrogen-bond donors (Lipinski definition) is 2. The molecule has 0 unspecified atom stereocenters. The average Bonchev–Trinajstić information content (AvgIpc) is 3.15. The lowest BCUT2D eigenvalue weighted by molar-refractivity contribution is 0.0977. The fourth-order valence-corrected chi connectivity index (χ4v) is 4.57. The molecule has 0 bridgehead atoms. The van der Waals surface area contributed by atoms with E-state index in [4.69, 9.17) is 17.0 Å². The van der Waals surface area contributed by atoms with Gasteiger partial charge in [0.2, 0.25) is 0 Å². The Balaban J connectivity index is 1.40. The molecule has 3 aromatic rings. The first-order chi connectivity index (χ1) is 14.8. The number of anilines is 2. The minimum absolute atomic E-state index is 0.0420. The zero-order valence-electron chi connectivity index (χ0n) is 17.9. The van der Waals surface area contributed by atoms with Gasteiger partial charge in [0, 0.05) is 24.3 Å². The smallest absolute Gasteiger partial charge is 0.257 e. The summed E-state index contributed by atoms with van der Waals surface area (Å²) in [5, 5.41) is 6.66. The SMILES string of the molecule is CC(C)(C)c1ccc(C(=O)NC(=S)Nc2nc3ccc(N4CCOCC4)cc3s2)cc1. The van der Waals surface area contributed by atoms with Crippen molar-refractivity contribution < 1.29 is 9.53 Å². The largest absolute Gasteiger partial charge is 0.378 e. The summed E-state index contributed by atoms with van der Waals surface area (Å²) in [5.41, 5.74) is 3.85. The van der Waals surface area contributed by atoms with Crippen molar-refractivity contribution in [1.82, 2.24) is 10.3 Å². The summed E-state index contributed by atoms with van der Waals surface area (Å²) in [4.78, 5) is 19.4. The molecule has 0 spiro atoms. The van der Waals surface area contributed by atoms with Crippen LogP contribution in [0.2, 0.25) is 0 Å². The van der Waals surface area contributed by atoms with Crippen LogP contribution in [-0.2, 0) is 10.2 Å². The highest BCUT2D eigenvalue weighted by molar-refractivity contribution is 7.80. The predicted octanol–water partition coefficient (Wildman–Crippen LogP) is 4.56. The summed E-state index contributed by atoms with van der Waals surface area (Å²) >= 11 is 6.84. The van der Waals surface area contributed by atoms with Crippen molar-refractivity contribution in [2.45, 2.75) is 26.2 Å². The molecule has 2 aromatic carbocycles. The van der Waals surface area contributed by atoms with E-state index in [1.54, 1.807) is 0 Å². The van der Waals surface area contributed by atoms with Gasteiger partial charge in [0.25, 0.3) is 5.91 Å². The molecule has 0 saturated carbocycles. The van der Waals surface area contributed by atoms with Crippen molar-refractivity contribution in [2.24, 2.45) is 0 Å². The number of aromatic nitrogens is 1. The third-order valence-electron chi connectivity index (χ3n) is 5.21. The number of amides is 1. The second kappa shape index (κ2) is 8.90. The zero-order valence-corrected chi connectivity index (χ0v) is 19.5. The van der Waals surface area contributed by atoms with E-state index in [9.17, 15) is 4.79 Å². The highest BCUT2D eigenvalue weighted by Crippen LogP contribution is 2.30. The minimum Gasteiger partial charge on any atom is -0.378 e. The molecule has 0 aliphatic carbocycles. The van der Waals surface area contributed by atoms with E-state index < -0.39 is 0 Å². The van der Waals surface area contributed by atoms with Gasteiger partial charge in [-0.1, -0.05) is 44.2 Å². The number of thiazole rings is 1. The van der Waals surface area contributed by atoms with E-state index in [2.05, 4.69) is 53.4 Å². The number of nitrogens with one attached hydrogen (secondary N) is 2. The van der Waals surface area contributed by atoms with Gasteiger partial charge in [-0.05, 0) is 53.5 Å². The van der Waals surface area contributed by atoms with Crippen molar-refractivity contribution in [3.63, 3.8) is 0 Å². The van der Waals surface area contributed by atoms with Crippen LogP contribution in [0.4, 0.5) is 10.8 Å². The monoisotopic (exact) mass is 454 g/mol. The third-order valence-corrected chi connectivity index (χ3v) is 6.35. The van der Waals surface area contributed by atoms with Crippen LogP contribution in [0.1, 0.15) is 36.7 Å². The number of nitrogens with zero attached hydrogens (tertiary/aromatic N) is 2. The van der Waals surface area contributed by atoms with Crippen LogP contribution in [-0.4, -0.2) is 42.3 Å². The standard InChI is InChI=1S/C23H26N4O2S2/c1-23(2,3)16-6-4-15(5-7-16)20(28)25-21(30)26-22-24-18-9-8-17(14-19(18)31-22)27-10-12-29-13-11-27/h4-9,14H,10-13H2,1-3H3,(H2,24,25,26,28,30). The minimum atomic E-state index is -0.242. The Hall–Kier alpha value is -2.55. The molecule has 4 rings (SSSR count). The number of benzene rings is 2. The number of thiocarbonyl (C=S) groups is 1. The number of fused-ring (bicyclic) bond motifs is 1. The normalized spacial score (nSPS) is 14.5. The van der Waals surface area contributed by atoms with Crippen LogP contribution in [0.25, 0.3) is 10.2 Å². The van der Waals surface area contributed by atoms with Gasteiger partial charge in [-0.15, -0.1) is 0 Å². The van der Waals surface area contributed by atoms with Crippen molar-refractivity contribution in [1.29, 1.82) is 0 Å². The molecule has 162 valence electrons. The quantitative estimate of drug-likeness (QED) is 0.566. The lowest BCUT2D eigenvalue weighted by Crippen LogP contribution is -2.36. The van der Waals surface area contributed by atoms with Gasteiger partial charge in [-0.25, -0.2) is 4.98 Å². The van der Waals surface area contributed by atoms with E-state index in [0.29, 0.717) is 10.7 Å². The van der Waals surface area contributed by atoms with Gasteiger partial charge >= 0.3 is 0 Å². The number of carbonyl (C=O) groups excluding carboxylic acids is 1. The summed E-state index contributed by atoms with van der Waals surface area (Å²) < 4.78 is 6.50. The van der Waals surface area contributed by atoms with Crippen LogP contribution in [0.15, 0.2) is 42.5 Å². The Morgan fingerprint density at radius 1 is 1.13 bits per heavy atom. The summed E-state index contributed by atoms with van der Waals surface area (Å²) in [6.07, 6.45) is 0. The second-order valence-corrected chi connectivity index (χ2v) is 9.94. The van der Waals surface area contributed by atoms with E-state index >= 15 is 0 Å². The molecular formula is C23H26N4O2S2. The number of morpholine rings is 1. The highest BCUT2D eigenvalue weighted by Gasteiger charge is 2.16. The topological polar surface area (TPSA) is 66.5 Å².